The van der Waals surface area contributed by atoms with Gasteiger partial charge in [-0.05, 0) is 50.8 Å². The SMILES string of the molecule is Cc1cnn(CCCCNc2cccc3c2CN(C(C)CCC(=O)NC=O)C3=O)c1. The lowest BCUT2D eigenvalue weighted by Gasteiger charge is -2.24. The van der Waals surface area contributed by atoms with Gasteiger partial charge in [0.05, 0.1) is 6.20 Å². The Hall–Kier alpha value is -3.16. The van der Waals surface area contributed by atoms with Crippen molar-refractivity contribution < 1.29 is 14.4 Å². The van der Waals surface area contributed by atoms with Crippen molar-refractivity contribution in [2.24, 2.45) is 0 Å². The van der Waals surface area contributed by atoms with E-state index < -0.39 is 0 Å². The number of anilines is 1. The summed E-state index contributed by atoms with van der Waals surface area (Å²) in [6.45, 7) is 6.21. The van der Waals surface area contributed by atoms with Crippen molar-refractivity contribution >= 4 is 23.9 Å². The lowest BCUT2D eigenvalue weighted by atomic mass is 10.1. The maximum absolute atomic E-state index is 12.8. The molecule has 0 aliphatic carbocycles. The number of nitrogens with zero attached hydrogens (tertiary/aromatic N) is 3. The molecule has 1 atom stereocenters. The van der Waals surface area contributed by atoms with Crippen LogP contribution >= 0.6 is 0 Å². The number of benzene rings is 1. The van der Waals surface area contributed by atoms with E-state index in [1.165, 1.54) is 5.56 Å². The van der Waals surface area contributed by atoms with Gasteiger partial charge >= 0.3 is 0 Å². The largest absolute Gasteiger partial charge is 0.385 e. The first-order chi connectivity index (χ1) is 14.5. The van der Waals surface area contributed by atoms with E-state index in [9.17, 15) is 14.4 Å². The van der Waals surface area contributed by atoms with Crippen molar-refractivity contribution in [1.29, 1.82) is 0 Å². The molecule has 0 bridgehead atoms. The molecular weight excluding hydrogens is 382 g/mol. The summed E-state index contributed by atoms with van der Waals surface area (Å²) in [6, 6.07) is 5.67. The monoisotopic (exact) mass is 411 g/mol. The number of aryl methyl sites for hydroxylation is 2. The van der Waals surface area contributed by atoms with Crippen LogP contribution in [-0.4, -0.2) is 45.5 Å². The Kier molecular flexibility index (Phi) is 7.21. The zero-order valence-corrected chi connectivity index (χ0v) is 17.6. The van der Waals surface area contributed by atoms with Crippen molar-refractivity contribution in [2.45, 2.75) is 58.7 Å². The minimum atomic E-state index is -0.325. The summed E-state index contributed by atoms with van der Waals surface area (Å²) in [7, 11) is 0. The first-order valence-electron chi connectivity index (χ1n) is 10.4. The van der Waals surface area contributed by atoms with E-state index in [4.69, 9.17) is 0 Å². The molecule has 0 spiro atoms. The molecule has 1 aromatic carbocycles. The maximum Gasteiger partial charge on any atom is 0.254 e. The molecule has 1 unspecified atom stereocenters. The smallest absolute Gasteiger partial charge is 0.254 e. The Balaban J connectivity index is 1.51. The van der Waals surface area contributed by atoms with Crippen LogP contribution in [0, 0.1) is 6.92 Å². The third-order valence-corrected chi connectivity index (χ3v) is 5.43. The van der Waals surface area contributed by atoms with E-state index in [0.717, 1.165) is 42.7 Å². The van der Waals surface area contributed by atoms with Crippen LogP contribution in [-0.2, 0) is 22.7 Å². The molecule has 3 amide bonds. The van der Waals surface area contributed by atoms with Crippen LogP contribution in [0.1, 0.15) is 54.1 Å². The number of unbranched alkanes of at least 4 members (excludes halogenated alkanes) is 1. The highest BCUT2D eigenvalue weighted by Crippen LogP contribution is 2.31. The molecular formula is C22H29N5O3. The van der Waals surface area contributed by atoms with Gasteiger partial charge in [0.15, 0.2) is 0 Å². The van der Waals surface area contributed by atoms with Gasteiger partial charge < -0.3 is 10.2 Å². The number of hydrogen-bond acceptors (Lipinski definition) is 5. The number of imide groups is 1. The molecule has 8 nitrogen and oxygen atoms in total. The van der Waals surface area contributed by atoms with Crippen LogP contribution < -0.4 is 10.6 Å². The molecule has 0 saturated carbocycles. The fourth-order valence-corrected chi connectivity index (χ4v) is 3.72. The summed E-state index contributed by atoms with van der Waals surface area (Å²) in [5.41, 5.74) is 3.88. The van der Waals surface area contributed by atoms with E-state index >= 15 is 0 Å². The number of amides is 3. The van der Waals surface area contributed by atoms with Crippen LogP contribution in [0.5, 0.6) is 0 Å². The lowest BCUT2D eigenvalue weighted by Crippen LogP contribution is -2.34. The highest BCUT2D eigenvalue weighted by molar-refractivity contribution is 6.00. The molecule has 2 aromatic rings. The van der Waals surface area contributed by atoms with Gasteiger partial charge in [0, 0.05) is 55.1 Å². The highest BCUT2D eigenvalue weighted by Gasteiger charge is 2.32. The number of aromatic nitrogens is 2. The minimum absolute atomic E-state index is 0.00834. The molecule has 1 aliphatic heterocycles. The highest BCUT2D eigenvalue weighted by atomic mass is 16.2. The van der Waals surface area contributed by atoms with Crippen molar-refractivity contribution in [3.63, 3.8) is 0 Å². The van der Waals surface area contributed by atoms with Crippen LogP contribution in [0.15, 0.2) is 30.6 Å². The van der Waals surface area contributed by atoms with Gasteiger partial charge in [0.2, 0.25) is 12.3 Å². The van der Waals surface area contributed by atoms with Crippen molar-refractivity contribution in [2.75, 3.05) is 11.9 Å². The topological polar surface area (TPSA) is 96.3 Å². The minimum Gasteiger partial charge on any atom is -0.385 e. The van der Waals surface area contributed by atoms with Crippen molar-refractivity contribution in [3.8, 4) is 0 Å². The van der Waals surface area contributed by atoms with E-state index in [0.29, 0.717) is 19.4 Å². The van der Waals surface area contributed by atoms with Crippen molar-refractivity contribution in [3.05, 3.63) is 47.3 Å². The summed E-state index contributed by atoms with van der Waals surface area (Å²) < 4.78 is 1.96. The van der Waals surface area contributed by atoms with Gasteiger partial charge in [-0.15, -0.1) is 0 Å². The summed E-state index contributed by atoms with van der Waals surface area (Å²) in [5, 5.41) is 9.91. The Labute approximate surface area is 176 Å². The first-order valence-corrected chi connectivity index (χ1v) is 10.4. The number of carbonyl (C=O) groups excluding carboxylic acids is 3. The maximum atomic E-state index is 12.8. The molecule has 0 fully saturated rings. The van der Waals surface area contributed by atoms with Crippen LogP contribution in [0.2, 0.25) is 0 Å². The van der Waals surface area contributed by atoms with Crippen LogP contribution in [0.25, 0.3) is 0 Å². The van der Waals surface area contributed by atoms with E-state index in [-0.39, 0.29) is 24.3 Å². The van der Waals surface area contributed by atoms with Crippen LogP contribution in [0.3, 0.4) is 0 Å². The van der Waals surface area contributed by atoms with Crippen LogP contribution in [0.4, 0.5) is 5.69 Å². The lowest BCUT2D eigenvalue weighted by molar-refractivity contribution is -0.125. The molecule has 0 radical (unpaired) electrons. The second-order valence-electron chi connectivity index (χ2n) is 7.75. The Morgan fingerprint density at radius 3 is 2.90 bits per heavy atom. The number of carbonyl (C=O) groups is 3. The standard InChI is InChI=1S/C22H29N5O3/c1-16-12-25-26(13-16)11-4-3-10-23-20-7-5-6-18-19(20)14-27(22(18)30)17(2)8-9-21(29)24-15-28/h5-7,12-13,15,17,23H,3-4,8-11,14H2,1-2H3,(H,24,28,29). The van der Waals surface area contributed by atoms with Gasteiger partial charge in [-0.3, -0.25) is 24.4 Å². The predicted octanol–water partition coefficient (Wildman–Crippen LogP) is 2.48. The Morgan fingerprint density at radius 1 is 1.33 bits per heavy atom. The molecule has 160 valence electrons. The molecule has 1 aliphatic rings. The molecule has 1 aromatic heterocycles. The molecule has 8 heteroatoms. The average molecular weight is 412 g/mol. The second kappa shape index (κ2) is 10.0. The van der Waals surface area contributed by atoms with Gasteiger partial charge in [0.1, 0.15) is 0 Å². The third-order valence-electron chi connectivity index (χ3n) is 5.43. The predicted molar refractivity (Wildman–Crippen MR) is 114 cm³/mol. The Morgan fingerprint density at radius 2 is 2.17 bits per heavy atom. The molecule has 30 heavy (non-hydrogen) atoms. The summed E-state index contributed by atoms with van der Waals surface area (Å²) in [4.78, 5) is 36.5. The van der Waals surface area contributed by atoms with E-state index in [2.05, 4.69) is 15.7 Å². The normalized spacial score (nSPS) is 13.8. The fourth-order valence-electron chi connectivity index (χ4n) is 3.72. The first kappa shape index (κ1) is 21.5. The molecule has 0 saturated heterocycles. The number of nitrogens with one attached hydrogen (secondary N) is 2. The number of fused-ring (bicyclic) bond motifs is 1. The number of rotatable bonds is 11. The van der Waals surface area contributed by atoms with E-state index in [1.54, 1.807) is 4.90 Å². The molecule has 3 rings (SSSR count). The summed E-state index contributed by atoms with van der Waals surface area (Å²) in [5.74, 6) is -0.334. The Bertz CT molecular complexity index is 908. The molecule has 2 N–H and O–H groups in total. The second-order valence-corrected chi connectivity index (χ2v) is 7.75. The van der Waals surface area contributed by atoms with Gasteiger partial charge in [-0.25, -0.2) is 0 Å². The summed E-state index contributed by atoms with van der Waals surface area (Å²) in [6.07, 6.45) is 7.04. The van der Waals surface area contributed by atoms with Crippen molar-refractivity contribution in [1.82, 2.24) is 20.0 Å². The van der Waals surface area contributed by atoms with Gasteiger partial charge in [-0.1, -0.05) is 6.07 Å². The van der Waals surface area contributed by atoms with Gasteiger partial charge in [0.25, 0.3) is 5.91 Å². The average Bonchev–Trinajstić information content (AvgIpc) is 3.30. The third kappa shape index (κ3) is 5.25. The fraction of sp³-hybridized carbons (Fsp3) is 0.455. The summed E-state index contributed by atoms with van der Waals surface area (Å²) >= 11 is 0. The quantitative estimate of drug-likeness (QED) is 0.437. The van der Waals surface area contributed by atoms with Gasteiger partial charge in [-0.2, -0.15) is 5.10 Å². The van der Waals surface area contributed by atoms with E-state index in [1.807, 2.05) is 49.1 Å². The zero-order chi connectivity index (χ0) is 21.5. The molecule has 2 heterocycles. The zero-order valence-electron chi connectivity index (χ0n) is 17.6. The number of hydrogen-bond donors (Lipinski definition) is 2.